The number of nitrogens with one attached hydrogen (secondary N) is 2. The van der Waals surface area contributed by atoms with Crippen LogP contribution in [0.1, 0.15) is 5.56 Å². The first-order chi connectivity index (χ1) is 9.22. The van der Waals surface area contributed by atoms with E-state index in [1.165, 1.54) is 6.33 Å². The van der Waals surface area contributed by atoms with Crippen LogP contribution >= 0.6 is 0 Å². The minimum absolute atomic E-state index is 0.172. The molecule has 0 unspecified atom stereocenters. The molecule has 2 rings (SSSR count). The van der Waals surface area contributed by atoms with Crippen molar-refractivity contribution in [3.05, 3.63) is 46.5 Å². The van der Waals surface area contributed by atoms with Crippen LogP contribution in [-0.2, 0) is 6.54 Å². The van der Waals surface area contributed by atoms with Gasteiger partial charge < -0.3 is 10.6 Å². The maximum absolute atomic E-state index is 11.0. The van der Waals surface area contributed by atoms with Crippen molar-refractivity contribution in [3.63, 3.8) is 0 Å². The highest BCUT2D eigenvalue weighted by Crippen LogP contribution is 2.28. The Morgan fingerprint density at radius 1 is 1.37 bits per heavy atom. The Morgan fingerprint density at radius 3 is 2.79 bits per heavy atom. The Hall–Kier alpha value is -2.77. The van der Waals surface area contributed by atoms with Crippen molar-refractivity contribution in [3.8, 4) is 0 Å². The van der Waals surface area contributed by atoms with E-state index in [2.05, 4.69) is 25.6 Å². The molecule has 0 aliphatic heterocycles. The summed E-state index contributed by atoms with van der Waals surface area (Å²) in [6.45, 7) is 0.398. The van der Waals surface area contributed by atoms with Crippen molar-refractivity contribution in [2.45, 2.75) is 6.54 Å². The maximum atomic E-state index is 11.0. The van der Waals surface area contributed by atoms with Crippen LogP contribution in [0.4, 0.5) is 17.3 Å². The third kappa shape index (κ3) is 2.92. The van der Waals surface area contributed by atoms with Gasteiger partial charge in [0.25, 0.3) is 0 Å². The predicted octanol–water partition coefficient (Wildman–Crippen LogP) is 1.43. The number of nitrogens with zero attached hydrogens (tertiary/aromatic N) is 4. The highest BCUT2D eigenvalue weighted by molar-refractivity contribution is 5.68. The summed E-state index contributed by atoms with van der Waals surface area (Å²) in [4.78, 5) is 22.2. The zero-order valence-electron chi connectivity index (χ0n) is 10.2. The van der Waals surface area contributed by atoms with Gasteiger partial charge in [0.1, 0.15) is 6.33 Å². The first-order valence-electron chi connectivity index (χ1n) is 5.52. The van der Waals surface area contributed by atoms with Gasteiger partial charge in [0.2, 0.25) is 11.6 Å². The van der Waals surface area contributed by atoms with E-state index in [1.807, 2.05) is 6.07 Å². The molecule has 2 aromatic heterocycles. The van der Waals surface area contributed by atoms with Crippen LogP contribution in [0.15, 0.2) is 30.9 Å². The van der Waals surface area contributed by atoms with E-state index < -0.39 is 4.92 Å². The maximum Gasteiger partial charge on any atom is 0.353 e. The van der Waals surface area contributed by atoms with Gasteiger partial charge in [-0.15, -0.1) is 0 Å². The molecule has 0 radical (unpaired) electrons. The van der Waals surface area contributed by atoms with Gasteiger partial charge in [-0.2, -0.15) is 0 Å². The summed E-state index contributed by atoms with van der Waals surface area (Å²) < 4.78 is 0. The van der Waals surface area contributed by atoms with Gasteiger partial charge in [0, 0.05) is 26.0 Å². The number of nitro groups is 1. The van der Waals surface area contributed by atoms with Crippen molar-refractivity contribution in [2.75, 3.05) is 17.7 Å². The summed E-state index contributed by atoms with van der Waals surface area (Å²) in [5, 5.41) is 16.6. The van der Waals surface area contributed by atoms with Crippen LogP contribution in [-0.4, -0.2) is 26.9 Å². The summed E-state index contributed by atoms with van der Waals surface area (Å²) in [5.74, 6) is 0.349. The largest absolute Gasteiger partial charge is 0.367 e. The fraction of sp³-hybridized carbons (Fsp3) is 0.182. The van der Waals surface area contributed by atoms with Gasteiger partial charge in [-0.05, 0) is 11.6 Å². The van der Waals surface area contributed by atoms with Crippen LogP contribution in [0.3, 0.4) is 0 Å². The molecule has 0 aliphatic rings. The molecular formula is C11H12N6O2. The average molecular weight is 260 g/mol. The van der Waals surface area contributed by atoms with Gasteiger partial charge in [0.15, 0.2) is 0 Å². The predicted molar refractivity (Wildman–Crippen MR) is 69.8 cm³/mol. The molecule has 98 valence electrons. The lowest BCUT2D eigenvalue weighted by Gasteiger charge is -2.07. The topological polar surface area (TPSA) is 106 Å². The zero-order valence-corrected chi connectivity index (χ0v) is 10.2. The molecule has 0 spiro atoms. The first-order valence-corrected chi connectivity index (χ1v) is 5.52. The Balaban J connectivity index is 2.23. The van der Waals surface area contributed by atoms with Crippen molar-refractivity contribution < 1.29 is 4.92 Å². The standard InChI is InChI=1S/C11H12N6O2/c1-12-10-9(17(18)19)11(16-7-15-10)14-6-8-3-2-4-13-5-8/h2-5,7H,6H2,1H3,(H2,12,14,15,16). The number of pyridine rings is 1. The molecule has 0 saturated carbocycles. The molecule has 0 fully saturated rings. The summed E-state index contributed by atoms with van der Waals surface area (Å²) in [6.07, 6.45) is 4.61. The lowest BCUT2D eigenvalue weighted by atomic mass is 10.3. The molecule has 0 bridgehead atoms. The van der Waals surface area contributed by atoms with E-state index >= 15 is 0 Å². The van der Waals surface area contributed by atoms with E-state index in [1.54, 1.807) is 25.5 Å². The lowest BCUT2D eigenvalue weighted by Crippen LogP contribution is -2.08. The molecular weight excluding hydrogens is 248 g/mol. The molecule has 8 heteroatoms. The van der Waals surface area contributed by atoms with Crippen molar-refractivity contribution in [1.82, 2.24) is 15.0 Å². The van der Waals surface area contributed by atoms with E-state index in [0.717, 1.165) is 5.56 Å². The quantitative estimate of drug-likeness (QED) is 0.618. The second-order valence-corrected chi connectivity index (χ2v) is 3.64. The average Bonchev–Trinajstić information content (AvgIpc) is 2.45. The number of hydrogen-bond donors (Lipinski definition) is 2. The van der Waals surface area contributed by atoms with Crippen LogP contribution in [0.5, 0.6) is 0 Å². The number of anilines is 2. The normalized spacial score (nSPS) is 9.95. The number of hydrogen-bond acceptors (Lipinski definition) is 7. The number of aromatic nitrogens is 3. The van der Waals surface area contributed by atoms with Gasteiger partial charge in [-0.1, -0.05) is 6.07 Å². The molecule has 19 heavy (non-hydrogen) atoms. The minimum atomic E-state index is -0.516. The number of rotatable bonds is 5. The van der Waals surface area contributed by atoms with Crippen molar-refractivity contribution in [1.29, 1.82) is 0 Å². The highest BCUT2D eigenvalue weighted by atomic mass is 16.6. The SMILES string of the molecule is CNc1ncnc(NCc2cccnc2)c1[N+](=O)[O-]. The summed E-state index contributed by atoms with van der Waals surface area (Å²) in [5.41, 5.74) is 0.732. The summed E-state index contributed by atoms with van der Waals surface area (Å²) >= 11 is 0. The van der Waals surface area contributed by atoms with Crippen LogP contribution in [0.2, 0.25) is 0 Å². The third-order valence-corrected chi connectivity index (χ3v) is 2.42. The fourth-order valence-corrected chi connectivity index (χ4v) is 1.55. The second kappa shape index (κ2) is 5.71. The fourth-order valence-electron chi connectivity index (χ4n) is 1.55. The highest BCUT2D eigenvalue weighted by Gasteiger charge is 2.21. The summed E-state index contributed by atoms with van der Waals surface area (Å²) in [7, 11) is 1.57. The Bertz CT molecular complexity index is 575. The Labute approximate surface area is 109 Å². The molecule has 0 saturated heterocycles. The molecule has 8 nitrogen and oxygen atoms in total. The smallest absolute Gasteiger partial charge is 0.353 e. The monoisotopic (exact) mass is 260 g/mol. The molecule has 0 amide bonds. The van der Waals surface area contributed by atoms with Gasteiger partial charge in [-0.3, -0.25) is 15.1 Å². The lowest BCUT2D eigenvalue weighted by molar-refractivity contribution is -0.383. The zero-order chi connectivity index (χ0) is 13.7. The first kappa shape index (κ1) is 12.7. The molecule has 0 aliphatic carbocycles. The van der Waals surface area contributed by atoms with Crippen LogP contribution in [0.25, 0.3) is 0 Å². The van der Waals surface area contributed by atoms with E-state index in [4.69, 9.17) is 0 Å². The van der Waals surface area contributed by atoms with Crippen LogP contribution in [0, 0.1) is 10.1 Å². The second-order valence-electron chi connectivity index (χ2n) is 3.64. The van der Waals surface area contributed by atoms with Crippen molar-refractivity contribution in [2.24, 2.45) is 0 Å². The van der Waals surface area contributed by atoms with E-state index in [-0.39, 0.29) is 17.3 Å². The molecule has 2 aromatic rings. The molecule has 2 heterocycles. The third-order valence-electron chi connectivity index (χ3n) is 2.42. The Kier molecular flexibility index (Phi) is 3.81. The van der Waals surface area contributed by atoms with E-state index in [0.29, 0.717) is 6.54 Å². The van der Waals surface area contributed by atoms with Gasteiger partial charge in [-0.25, -0.2) is 9.97 Å². The minimum Gasteiger partial charge on any atom is -0.367 e. The van der Waals surface area contributed by atoms with Crippen molar-refractivity contribution >= 4 is 17.3 Å². The Morgan fingerprint density at radius 2 is 2.16 bits per heavy atom. The molecule has 2 N–H and O–H groups in total. The van der Waals surface area contributed by atoms with E-state index in [9.17, 15) is 10.1 Å². The molecule has 0 aromatic carbocycles. The van der Waals surface area contributed by atoms with Crippen LogP contribution < -0.4 is 10.6 Å². The van der Waals surface area contributed by atoms with Gasteiger partial charge >= 0.3 is 5.69 Å². The summed E-state index contributed by atoms with van der Waals surface area (Å²) in [6, 6.07) is 3.66. The van der Waals surface area contributed by atoms with Gasteiger partial charge in [0.05, 0.1) is 4.92 Å². The molecule has 0 atom stereocenters.